The average Bonchev–Trinajstić information content (AvgIpc) is 3.08. The van der Waals surface area contributed by atoms with Crippen LogP contribution in [0.5, 0.6) is 5.75 Å². The number of aromatic nitrogens is 2. The second kappa shape index (κ2) is 7.97. The van der Waals surface area contributed by atoms with E-state index in [0.29, 0.717) is 41.7 Å². The van der Waals surface area contributed by atoms with Crippen molar-refractivity contribution in [3.8, 4) is 5.75 Å². The highest BCUT2D eigenvalue weighted by Crippen LogP contribution is 2.36. The molecule has 1 aliphatic heterocycles. The van der Waals surface area contributed by atoms with E-state index in [-0.39, 0.29) is 5.82 Å². The van der Waals surface area contributed by atoms with Gasteiger partial charge in [0.2, 0.25) is 0 Å². The smallest absolute Gasteiger partial charge is 0.146 e. The lowest BCUT2D eigenvalue weighted by Gasteiger charge is -2.26. The number of hydrogen-bond donors (Lipinski definition) is 2. The van der Waals surface area contributed by atoms with Crippen molar-refractivity contribution in [3.05, 3.63) is 48.0 Å². The van der Waals surface area contributed by atoms with E-state index >= 15 is 0 Å². The molecule has 0 radical (unpaired) electrons. The van der Waals surface area contributed by atoms with Crippen LogP contribution in [-0.4, -0.2) is 45.1 Å². The van der Waals surface area contributed by atoms with Crippen molar-refractivity contribution in [1.82, 2.24) is 9.97 Å². The molecule has 3 aromatic rings. The third-order valence-electron chi connectivity index (χ3n) is 5.00. The number of aryl methyl sites for hydroxylation is 1. The molecule has 2 atom stereocenters. The van der Waals surface area contributed by atoms with Crippen LogP contribution in [0.15, 0.2) is 36.7 Å². The number of halogens is 1. The molecule has 1 fully saturated rings. The van der Waals surface area contributed by atoms with E-state index in [2.05, 4.69) is 25.9 Å². The Morgan fingerprint density at radius 1 is 1.29 bits per heavy atom. The maximum atomic E-state index is 14.0. The van der Waals surface area contributed by atoms with Crippen LogP contribution in [0.2, 0.25) is 0 Å². The first-order valence-corrected chi connectivity index (χ1v) is 11.9. The quantitative estimate of drug-likeness (QED) is 0.558. The van der Waals surface area contributed by atoms with Gasteiger partial charge >= 0.3 is 0 Å². The second-order valence-electron chi connectivity index (χ2n) is 8.14. The second-order valence-corrected chi connectivity index (χ2v) is 10.4. The average molecular weight is 445 g/mol. The Bertz CT molecular complexity index is 1240. The molecule has 2 heterocycles. The zero-order valence-electron chi connectivity index (χ0n) is 17.7. The molecular weight excluding hydrogens is 419 g/mol. The van der Waals surface area contributed by atoms with Gasteiger partial charge in [-0.25, -0.2) is 18.6 Å². The maximum absolute atomic E-state index is 14.0. The van der Waals surface area contributed by atoms with E-state index in [9.17, 15) is 8.60 Å². The molecule has 0 aliphatic carbocycles. The lowest BCUT2D eigenvalue weighted by Crippen LogP contribution is -2.32. The summed E-state index contributed by atoms with van der Waals surface area (Å²) in [6.45, 7) is 4.92. The Morgan fingerprint density at radius 3 is 2.81 bits per heavy atom. The largest absolute Gasteiger partial charge is 0.483 e. The van der Waals surface area contributed by atoms with Crippen LogP contribution in [0, 0.1) is 12.7 Å². The molecule has 1 aromatic heterocycles. The molecule has 9 heteroatoms. The number of nitrogens with zero attached hydrogens (tertiary/aromatic N) is 2. The summed E-state index contributed by atoms with van der Waals surface area (Å²) < 4.78 is 40.5. The standard InChI is InChI=1S/C22H25FN4O3S/c1-14-9-16(27-31(3,4)28)11-18-20(14)21(25-13-24-18)26-17-6-5-15(23)10-19(17)30-22(2)7-8-29-12-22/h5-6,9-11,13H,3,7-8,12H2,1-2,4H3,(H,27,28)(H,24,25,26). The highest BCUT2D eigenvalue weighted by Gasteiger charge is 2.32. The van der Waals surface area contributed by atoms with Crippen molar-refractivity contribution < 1.29 is 18.1 Å². The minimum atomic E-state index is -2.42. The van der Waals surface area contributed by atoms with Gasteiger partial charge in [-0.2, -0.15) is 0 Å². The lowest BCUT2D eigenvalue weighted by atomic mass is 10.1. The zero-order valence-corrected chi connectivity index (χ0v) is 18.5. The molecular formula is C22H25FN4O3S. The fraction of sp³-hybridized carbons (Fsp3) is 0.318. The first kappa shape index (κ1) is 21.3. The SMILES string of the molecule is C=S(C)(=O)Nc1cc(C)c2c(Nc3ccc(F)cc3OC3(C)CCOC3)ncnc2c1. The number of hydrogen-bond acceptors (Lipinski definition) is 6. The molecule has 0 bridgehead atoms. The lowest BCUT2D eigenvalue weighted by molar-refractivity contribution is 0.0668. The van der Waals surface area contributed by atoms with Gasteiger partial charge in [-0.05, 0) is 49.5 Å². The van der Waals surface area contributed by atoms with Crippen molar-refractivity contribution in [2.45, 2.75) is 25.9 Å². The van der Waals surface area contributed by atoms with E-state index in [4.69, 9.17) is 9.47 Å². The number of rotatable bonds is 6. The van der Waals surface area contributed by atoms with Gasteiger partial charge in [0, 0.05) is 39.5 Å². The van der Waals surface area contributed by atoms with E-state index in [1.165, 1.54) is 24.7 Å². The third kappa shape index (κ3) is 4.88. The molecule has 1 aliphatic rings. The topological polar surface area (TPSA) is 85.4 Å². The highest BCUT2D eigenvalue weighted by atomic mass is 32.2. The Hall–Kier alpha value is -2.91. The molecule has 2 aromatic carbocycles. The summed E-state index contributed by atoms with van der Waals surface area (Å²) in [6.07, 6.45) is 3.70. The van der Waals surface area contributed by atoms with Crippen molar-refractivity contribution in [2.75, 3.05) is 29.5 Å². The van der Waals surface area contributed by atoms with E-state index < -0.39 is 15.3 Å². The molecule has 2 unspecified atom stereocenters. The Labute approximate surface area is 181 Å². The number of fused-ring (bicyclic) bond motifs is 1. The summed E-state index contributed by atoms with van der Waals surface area (Å²) in [5, 5.41) is 4.07. The molecule has 4 rings (SSSR count). The number of ether oxygens (including phenoxy) is 2. The molecule has 7 nitrogen and oxygen atoms in total. The first-order chi connectivity index (χ1) is 14.6. The van der Waals surface area contributed by atoms with E-state index in [1.807, 2.05) is 19.9 Å². The third-order valence-corrected chi connectivity index (χ3v) is 5.67. The van der Waals surface area contributed by atoms with E-state index in [1.54, 1.807) is 12.1 Å². The van der Waals surface area contributed by atoms with Gasteiger partial charge in [0.15, 0.2) is 0 Å². The zero-order chi connectivity index (χ0) is 22.2. The van der Waals surface area contributed by atoms with E-state index in [0.717, 1.165) is 17.4 Å². The van der Waals surface area contributed by atoms with Crippen molar-refractivity contribution in [1.29, 1.82) is 0 Å². The first-order valence-electron chi connectivity index (χ1n) is 9.81. The van der Waals surface area contributed by atoms with Gasteiger partial charge in [-0.3, -0.25) is 0 Å². The fourth-order valence-corrected chi connectivity index (χ4v) is 4.22. The predicted octanol–water partition coefficient (Wildman–Crippen LogP) is 4.05. The van der Waals surface area contributed by atoms with Gasteiger partial charge < -0.3 is 19.5 Å². The van der Waals surface area contributed by atoms with Crippen LogP contribution in [0.25, 0.3) is 10.9 Å². The highest BCUT2D eigenvalue weighted by molar-refractivity contribution is 8.00. The van der Waals surface area contributed by atoms with Crippen LogP contribution >= 0.6 is 0 Å². The molecule has 0 saturated carbocycles. The number of anilines is 3. The molecule has 0 amide bonds. The summed E-state index contributed by atoms with van der Waals surface area (Å²) in [7, 11) is -2.42. The fourth-order valence-electron chi connectivity index (χ4n) is 3.60. The summed E-state index contributed by atoms with van der Waals surface area (Å²) in [4.78, 5) is 8.75. The summed E-state index contributed by atoms with van der Waals surface area (Å²) >= 11 is 0. The monoisotopic (exact) mass is 444 g/mol. The Kier molecular flexibility index (Phi) is 5.49. The molecule has 31 heavy (non-hydrogen) atoms. The molecule has 164 valence electrons. The summed E-state index contributed by atoms with van der Waals surface area (Å²) in [6, 6.07) is 8.01. The van der Waals surface area contributed by atoms with Crippen LogP contribution in [-0.2, 0) is 14.4 Å². The van der Waals surface area contributed by atoms with Crippen molar-refractivity contribution in [3.63, 3.8) is 0 Å². The van der Waals surface area contributed by atoms with Crippen molar-refractivity contribution in [2.24, 2.45) is 0 Å². The van der Waals surface area contributed by atoms with Crippen LogP contribution in [0.3, 0.4) is 0 Å². The Morgan fingerprint density at radius 2 is 2.10 bits per heavy atom. The van der Waals surface area contributed by atoms with Gasteiger partial charge in [-0.1, -0.05) is 0 Å². The predicted molar refractivity (Wildman–Crippen MR) is 123 cm³/mol. The van der Waals surface area contributed by atoms with Gasteiger partial charge in [0.05, 0.1) is 24.4 Å². The minimum Gasteiger partial charge on any atom is -0.483 e. The number of benzene rings is 2. The van der Waals surface area contributed by atoms with Crippen molar-refractivity contribution >= 4 is 43.7 Å². The van der Waals surface area contributed by atoms with Crippen LogP contribution in [0.4, 0.5) is 21.6 Å². The van der Waals surface area contributed by atoms with Gasteiger partial charge in [0.1, 0.15) is 29.3 Å². The van der Waals surface area contributed by atoms with Gasteiger partial charge in [0.25, 0.3) is 0 Å². The maximum Gasteiger partial charge on any atom is 0.146 e. The normalized spacial score (nSPS) is 20.4. The molecule has 2 N–H and O–H groups in total. The number of nitrogens with one attached hydrogen (secondary N) is 2. The summed E-state index contributed by atoms with van der Waals surface area (Å²) in [5.41, 5.74) is 2.29. The molecule has 0 spiro atoms. The molecule has 1 saturated heterocycles. The van der Waals surface area contributed by atoms with Gasteiger partial charge in [-0.15, -0.1) is 0 Å². The minimum absolute atomic E-state index is 0.387. The van der Waals surface area contributed by atoms with Crippen LogP contribution in [0.1, 0.15) is 18.9 Å². The Balaban J connectivity index is 1.72. The van der Waals surface area contributed by atoms with Crippen LogP contribution < -0.4 is 14.8 Å². The summed E-state index contributed by atoms with van der Waals surface area (Å²) in [5.74, 6) is 4.19.